The Kier molecular flexibility index (Phi) is 5.20. The van der Waals surface area contributed by atoms with Gasteiger partial charge in [-0.25, -0.2) is 4.79 Å². The Morgan fingerprint density at radius 2 is 1.94 bits per heavy atom. The summed E-state index contributed by atoms with van der Waals surface area (Å²) in [6.07, 6.45) is 1.55. The van der Waals surface area contributed by atoms with Crippen LogP contribution in [0.4, 0.5) is 4.79 Å². The Morgan fingerprint density at radius 3 is 2.56 bits per heavy atom. The number of aryl methyl sites for hydroxylation is 2. The van der Waals surface area contributed by atoms with Crippen LogP contribution in [0.25, 0.3) is 0 Å². The van der Waals surface area contributed by atoms with E-state index in [-0.39, 0.29) is 6.09 Å². The molecule has 1 aromatic carbocycles. The highest BCUT2D eigenvalue weighted by molar-refractivity contribution is 5.67. The van der Waals surface area contributed by atoms with Crippen LogP contribution >= 0.6 is 0 Å². The molecule has 0 aromatic heterocycles. The second kappa shape index (κ2) is 6.43. The van der Waals surface area contributed by atoms with Gasteiger partial charge in [0, 0.05) is 6.54 Å². The smallest absolute Gasteiger partial charge is 0.407 e. The Balaban J connectivity index is 2.23. The van der Waals surface area contributed by atoms with Gasteiger partial charge < -0.3 is 10.1 Å². The van der Waals surface area contributed by atoms with Crippen LogP contribution in [-0.2, 0) is 11.2 Å². The van der Waals surface area contributed by atoms with E-state index in [0.29, 0.717) is 6.54 Å². The molecule has 0 atom stereocenters. The molecule has 1 rings (SSSR count). The molecule has 0 aliphatic rings. The Bertz CT molecular complexity index is 394. The highest BCUT2D eigenvalue weighted by atomic mass is 16.6. The second-order valence-corrected chi connectivity index (χ2v) is 5.46. The molecule has 0 unspecified atom stereocenters. The predicted octanol–water partition coefficient (Wildman–Crippen LogP) is 3.45. The van der Waals surface area contributed by atoms with Crippen molar-refractivity contribution in [1.82, 2.24) is 5.32 Å². The van der Waals surface area contributed by atoms with Crippen LogP contribution in [0.3, 0.4) is 0 Å². The van der Waals surface area contributed by atoms with Crippen molar-refractivity contribution in [3.05, 3.63) is 35.4 Å². The van der Waals surface area contributed by atoms with E-state index in [1.54, 1.807) is 0 Å². The largest absolute Gasteiger partial charge is 0.444 e. The lowest BCUT2D eigenvalue weighted by molar-refractivity contribution is 0.0527. The summed E-state index contributed by atoms with van der Waals surface area (Å²) in [5.41, 5.74) is 2.21. The molecule has 3 nitrogen and oxygen atoms in total. The maximum atomic E-state index is 11.4. The number of hydrogen-bond donors (Lipinski definition) is 1. The fraction of sp³-hybridized carbons (Fsp3) is 0.533. The molecule has 1 amide bonds. The van der Waals surface area contributed by atoms with Crippen molar-refractivity contribution in [2.24, 2.45) is 0 Å². The molecule has 100 valence electrons. The number of nitrogens with one attached hydrogen (secondary N) is 1. The van der Waals surface area contributed by atoms with E-state index in [1.165, 1.54) is 11.1 Å². The molecule has 0 spiro atoms. The number of benzene rings is 1. The standard InChI is InChI=1S/C15H23NO2/c1-12-8-5-6-9-13(12)10-7-11-16-14(17)18-15(2,3)4/h5-6,8-9H,7,10-11H2,1-4H3,(H,16,17). The lowest BCUT2D eigenvalue weighted by Crippen LogP contribution is -2.33. The van der Waals surface area contributed by atoms with Gasteiger partial charge >= 0.3 is 6.09 Å². The van der Waals surface area contributed by atoms with Crippen molar-refractivity contribution < 1.29 is 9.53 Å². The molecule has 0 bridgehead atoms. The molecule has 0 aliphatic carbocycles. The van der Waals surface area contributed by atoms with Gasteiger partial charge in [0.2, 0.25) is 0 Å². The van der Waals surface area contributed by atoms with E-state index in [9.17, 15) is 4.79 Å². The highest BCUT2D eigenvalue weighted by Gasteiger charge is 2.15. The first-order chi connectivity index (χ1) is 8.38. The van der Waals surface area contributed by atoms with Gasteiger partial charge in [-0.1, -0.05) is 24.3 Å². The molecule has 0 heterocycles. The number of hydrogen-bond acceptors (Lipinski definition) is 2. The lowest BCUT2D eigenvalue weighted by Gasteiger charge is -2.19. The highest BCUT2D eigenvalue weighted by Crippen LogP contribution is 2.09. The van der Waals surface area contributed by atoms with Crippen molar-refractivity contribution in [2.45, 2.75) is 46.1 Å². The first-order valence-electron chi connectivity index (χ1n) is 6.40. The van der Waals surface area contributed by atoms with Crippen LogP contribution < -0.4 is 5.32 Å². The minimum absolute atomic E-state index is 0.340. The van der Waals surface area contributed by atoms with Crippen molar-refractivity contribution in [3.63, 3.8) is 0 Å². The minimum atomic E-state index is -0.430. The summed E-state index contributed by atoms with van der Waals surface area (Å²) in [5, 5.41) is 2.77. The molecule has 1 N–H and O–H groups in total. The van der Waals surface area contributed by atoms with Gasteiger partial charge in [-0.2, -0.15) is 0 Å². The van der Waals surface area contributed by atoms with E-state index in [2.05, 4.69) is 24.4 Å². The average molecular weight is 249 g/mol. The first-order valence-corrected chi connectivity index (χ1v) is 6.40. The van der Waals surface area contributed by atoms with Crippen molar-refractivity contribution in [2.75, 3.05) is 6.54 Å². The third-order valence-electron chi connectivity index (χ3n) is 2.55. The molecule has 0 aliphatic heterocycles. The maximum absolute atomic E-state index is 11.4. The molecular weight excluding hydrogens is 226 g/mol. The van der Waals surface area contributed by atoms with E-state index in [1.807, 2.05) is 32.9 Å². The summed E-state index contributed by atoms with van der Waals surface area (Å²) in [6.45, 7) is 8.33. The van der Waals surface area contributed by atoms with Crippen LogP contribution in [0.2, 0.25) is 0 Å². The van der Waals surface area contributed by atoms with E-state index < -0.39 is 5.60 Å². The molecule has 1 aromatic rings. The summed E-state index contributed by atoms with van der Waals surface area (Å²) in [7, 11) is 0. The number of alkyl carbamates (subject to hydrolysis) is 1. The van der Waals surface area contributed by atoms with Crippen LogP contribution in [0.1, 0.15) is 38.3 Å². The van der Waals surface area contributed by atoms with Crippen molar-refractivity contribution >= 4 is 6.09 Å². The van der Waals surface area contributed by atoms with Gasteiger partial charge in [-0.05, 0) is 51.7 Å². The number of rotatable bonds is 4. The molecule has 0 radical (unpaired) electrons. The lowest BCUT2D eigenvalue weighted by atomic mass is 10.0. The van der Waals surface area contributed by atoms with Gasteiger partial charge in [0.15, 0.2) is 0 Å². The third kappa shape index (κ3) is 5.71. The molecule has 0 fully saturated rings. The summed E-state index contributed by atoms with van der Waals surface area (Å²) in [5.74, 6) is 0. The minimum Gasteiger partial charge on any atom is -0.444 e. The average Bonchev–Trinajstić information content (AvgIpc) is 2.24. The molecular formula is C15H23NO2. The summed E-state index contributed by atoms with van der Waals surface area (Å²) >= 11 is 0. The molecule has 3 heteroatoms. The molecule has 18 heavy (non-hydrogen) atoms. The number of ether oxygens (including phenoxy) is 1. The Morgan fingerprint density at radius 1 is 1.28 bits per heavy atom. The fourth-order valence-electron chi connectivity index (χ4n) is 1.67. The number of amides is 1. The van der Waals surface area contributed by atoms with Gasteiger partial charge in [0.05, 0.1) is 0 Å². The maximum Gasteiger partial charge on any atom is 0.407 e. The normalized spacial score (nSPS) is 11.1. The summed E-state index contributed by atoms with van der Waals surface area (Å²) in [4.78, 5) is 11.4. The number of carbonyl (C=O) groups is 1. The van der Waals surface area contributed by atoms with Crippen LogP contribution in [0.5, 0.6) is 0 Å². The van der Waals surface area contributed by atoms with Gasteiger partial charge in [0.1, 0.15) is 5.60 Å². The Labute approximate surface area is 110 Å². The zero-order valence-electron chi connectivity index (χ0n) is 11.7. The SMILES string of the molecule is Cc1ccccc1CCCNC(=O)OC(C)(C)C. The van der Waals surface area contributed by atoms with Gasteiger partial charge in [0.25, 0.3) is 0 Å². The molecule has 0 saturated heterocycles. The van der Waals surface area contributed by atoms with Crippen LogP contribution in [0.15, 0.2) is 24.3 Å². The first kappa shape index (κ1) is 14.6. The van der Waals surface area contributed by atoms with Gasteiger partial charge in [-0.3, -0.25) is 0 Å². The van der Waals surface area contributed by atoms with E-state index in [4.69, 9.17) is 4.74 Å². The van der Waals surface area contributed by atoms with Crippen LogP contribution in [-0.4, -0.2) is 18.2 Å². The van der Waals surface area contributed by atoms with Crippen LogP contribution in [0, 0.1) is 6.92 Å². The summed E-state index contributed by atoms with van der Waals surface area (Å²) in [6, 6.07) is 8.32. The third-order valence-corrected chi connectivity index (χ3v) is 2.55. The zero-order chi connectivity index (χ0) is 13.6. The second-order valence-electron chi connectivity index (χ2n) is 5.46. The fourth-order valence-corrected chi connectivity index (χ4v) is 1.67. The Hall–Kier alpha value is -1.51. The number of carbonyl (C=O) groups excluding carboxylic acids is 1. The van der Waals surface area contributed by atoms with Crippen molar-refractivity contribution in [3.8, 4) is 0 Å². The van der Waals surface area contributed by atoms with Gasteiger partial charge in [-0.15, -0.1) is 0 Å². The monoisotopic (exact) mass is 249 g/mol. The molecule has 0 saturated carbocycles. The van der Waals surface area contributed by atoms with E-state index in [0.717, 1.165) is 12.8 Å². The topological polar surface area (TPSA) is 38.3 Å². The van der Waals surface area contributed by atoms with E-state index >= 15 is 0 Å². The quantitative estimate of drug-likeness (QED) is 0.830. The summed E-state index contributed by atoms with van der Waals surface area (Å²) < 4.78 is 5.16. The predicted molar refractivity (Wildman–Crippen MR) is 73.7 cm³/mol. The van der Waals surface area contributed by atoms with Crippen molar-refractivity contribution in [1.29, 1.82) is 0 Å². The zero-order valence-corrected chi connectivity index (χ0v) is 11.7.